The fourth-order valence-electron chi connectivity index (χ4n) is 8.38. The molecule has 1 aliphatic carbocycles. The highest BCUT2D eigenvalue weighted by Crippen LogP contribution is 2.57. The van der Waals surface area contributed by atoms with Gasteiger partial charge in [0.05, 0.1) is 17.0 Å². The monoisotopic (exact) mass is 726 g/mol. The van der Waals surface area contributed by atoms with Crippen LogP contribution in [0.1, 0.15) is 27.8 Å². The van der Waals surface area contributed by atoms with Gasteiger partial charge in [0.2, 0.25) is 0 Å². The van der Waals surface area contributed by atoms with Gasteiger partial charge in [-0.05, 0) is 79.9 Å². The average molecular weight is 727 g/mol. The first kappa shape index (κ1) is 33.8. The summed E-state index contributed by atoms with van der Waals surface area (Å²) >= 11 is 0. The number of nitriles is 1. The Kier molecular flexibility index (Phi) is 8.39. The third kappa shape index (κ3) is 5.90. The normalized spacial score (nSPS) is 12.3. The van der Waals surface area contributed by atoms with E-state index in [9.17, 15) is 5.26 Å². The molecule has 10 rings (SSSR count). The van der Waals surface area contributed by atoms with Gasteiger partial charge in [0, 0.05) is 16.7 Å². The molecule has 9 aromatic rings. The van der Waals surface area contributed by atoms with E-state index in [1.807, 2.05) is 78.9 Å². The predicted molar refractivity (Wildman–Crippen MR) is 229 cm³/mol. The van der Waals surface area contributed by atoms with Crippen molar-refractivity contribution in [2.45, 2.75) is 5.41 Å². The summed E-state index contributed by atoms with van der Waals surface area (Å²) in [6, 6.07) is 74.2. The lowest BCUT2D eigenvalue weighted by molar-refractivity contribution is 0.768. The minimum absolute atomic E-state index is 0.520. The van der Waals surface area contributed by atoms with E-state index in [0.717, 1.165) is 38.9 Å². The number of hydrogen-bond donors (Lipinski definition) is 0. The Labute approximate surface area is 332 Å². The molecule has 57 heavy (non-hydrogen) atoms. The van der Waals surface area contributed by atoms with Gasteiger partial charge in [-0.3, -0.25) is 0 Å². The Morgan fingerprint density at radius 3 is 1.18 bits per heavy atom. The van der Waals surface area contributed by atoms with Gasteiger partial charge in [-0.1, -0.05) is 182 Å². The second kappa shape index (κ2) is 14.2. The van der Waals surface area contributed by atoms with Crippen molar-refractivity contribution in [3.8, 4) is 73.6 Å². The van der Waals surface area contributed by atoms with Gasteiger partial charge in [0.25, 0.3) is 0 Å². The van der Waals surface area contributed by atoms with Gasteiger partial charge in [0.1, 0.15) is 0 Å². The van der Waals surface area contributed by atoms with E-state index in [-0.39, 0.29) is 0 Å². The first-order valence-corrected chi connectivity index (χ1v) is 19.1. The fraction of sp³-hybridized carbons (Fsp3) is 0.0189. The summed E-state index contributed by atoms with van der Waals surface area (Å²) < 4.78 is 0. The Bertz CT molecular complexity index is 2840. The summed E-state index contributed by atoms with van der Waals surface area (Å²) in [7, 11) is 0. The van der Waals surface area contributed by atoms with Crippen LogP contribution in [0.5, 0.6) is 0 Å². The standard InChI is InChI=1S/C53H34N4/c54-35-36-14-13-19-41(32-36)43-29-31-49-47(34-43)46-33-42(28-30-48(46)53(49,44-20-9-3-10-21-44)45-22-11-4-12-23-45)37-24-26-40(27-25-37)52-56-50(38-15-5-1-6-16-38)55-51(57-52)39-17-7-2-8-18-39/h1-34H. The zero-order chi connectivity index (χ0) is 38.2. The summed E-state index contributed by atoms with van der Waals surface area (Å²) in [6.07, 6.45) is 0. The summed E-state index contributed by atoms with van der Waals surface area (Å²) in [6.45, 7) is 0. The molecule has 0 aliphatic heterocycles. The SMILES string of the molecule is N#Cc1cccc(-c2ccc3c(c2)-c2cc(-c4ccc(-c5nc(-c6ccccc6)nc(-c6ccccc6)n5)cc4)ccc2C3(c2ccccc2)c2ccccc2)c1. The van der Waals surface area contributed by atoms with Crippen LogP contribution >= 0.6 is 0 Å². The predicted octanol–water partition coefficient (Wildman–Crippen LogP) is 12.4. The van der Waals surface area contributed by atoms with E-state index in [1.54, 1.807) is 0 Å². The third-order valence-electron chi connectivity index (χ3n) is 11.1. The lowest BCUT2D eigenvalue weighted by Gasteiger charge is -2.34. The topological polar surface area (TPSA) is 62.5 Å². The molecule has 0 saturated heterocycles. The van der Waals surface area contributed by atoms with Crippen molar-refractivity contribution in [3.63, 3.8) is 0 Å². The third-order valence-corrected chi connectivity index (χ3v) is 11.1. The highest BCUT2D eigenvalue weighted by atomic mass is 15.0. The molecule has 0 atom stereocenters. The maximum atomic E-state index is 9.69. The van der Waals surface area contributed by atoms with Crippen LogP contribution in [0.4, 0.5) is 0 Å². The molecule has 4 nitrogen and oxygen atoms in total. The van der Waals surface area contributed by atoms with E-state index >= 15 is 0 Å². The van der Waals surface area contributed by atoms with Crippen LogP contribution in [0.3, 0.4) is 0 Å². The Morgan fingerprint density at radius 1 is 0.333 bits per heavy atom. The number of aromatic nitrogens is 3. The van der Waals surface area contributed by atoms with Crippen LogP contribution in [0, 0.1) is 11.3 Å². The van der Waals surface area contributed by atoms with E-state index in [0.29, 0.717) is 23.0 Å². The van der Waals surface area contributed by atoms with Gasteiger partial charge in [0.15, 0.2) is 17.5 Å². The van der Waals surface area contributed by atoms with Gasteiger partial charge in [-0.15, -0.1) is 0 Å². The van der Waals surface area contributed by atoms with Crippen molar-refractivity contribution in [1.29, 1.82) is 5.26 Å². The van der Waals surface area contributed by atoms with Crippen LogP contribution in [0.25, 0.3) is 67.5 Å². The number of benzene rings is 8. The quantitative estimate of drug-likeness (QED) is 0.164. The molecule has 0 spiro atoms. The molecule has 266 valence electrons. The largest absolute Gasteiger partial charge is 0.208 e. The molecular weight excluding hydrogens is 693 g/mol. The summed E-state index contributed by atoms with van der Waals surface area (Å²) in [5.41, 5.74) is 14.5. The highest BCUT2D eigenvalue weighted by Gasteiger charge is 2.46. The van der Waals surface area contributed by atoms with Gasteiger partial charge in [-0.25, -0.2) is 15.0 Å². The molecule has 0 amide bonds. The van der Waals surface area contributed by atoms with E-state index in [4.69, 9.17) is 15.0 Å². The zero-order valence-corrected chi connectivity index (χ0v) is 30.9. The maximum absolute atomic E-state index is 9.69. The van der Waals surface area contributed by atoms with Gasteiger partial charge >= 0.3 is 0 Å². The molecule has 0 fully saturated rings. The number of hydrogen-bond acceptors (Lipinski definition) is 4. The lowest BCUT2D eigenvalue weighted by Crippen LogP contribution is -2.28. The summed E-state index contributed by atoms with van der Waals surface area (Å²) in [5, 5.41) is 9.69. The molecule has 0 N–H and O–H groups in total. The molecular formula is C53H34N4. The Hall–Kier alpha value is -7.74. The molecule has 4 heteroatoms. The molecule has 1 aromatic heterocycles. The Morgan fingerprint density at radius 2 is 0.702 bits per heavy atom. The van der Waals surface area contributed by atoms with Crippen molar-refractivity contribution >= 4 is 0 Å². The molecule has 8 aromatic carbocycles. The first-order valence-electron chi connectivity index (χ1n) is 19.1. The second-order valence-corrected chi connectivity index (χ2v) is 14.3. The molecule has 0 bridgehead atoms. The number of fused-ring (bicyclic) bond motifs is 3. The van der Waals surface area contributed by atoms with Crippen molar-refractivity contribution in [3.05, 3.63) is 234 Å². The minimum Gasteiger partial charge on any atom is -0.208 e. The Balaban J connectivity index is 1.12. The van der Waals surface area contributed by atoms with Crippen molar-refractivity contribution in [1.82, 2.24) is 15.0 Å². The summed E-state index contributed by atoms with van der Waals surface area (Å²) in [5.74, 6) is 1.90. The second-order valence-electron chi connectivity index (χ2n) is 14.3. The van der Waals surface area contributed by atoms with Crippen molar-refractivity contribution < 1.29 is 0 Å². The molecule has 0 unspecified atom stereocenters. The fourth-order valence-corrected chi connectivity index (χ4v) is 8.38. The summed E-state index contributed by atoms with van der Waals surface area (Å²) in [4.78, 5) is 14.8. The minimum atomic E-state index is -0.520. The van der Waals surface area contributed by atoms with E-state index in [2.05, 4.69) is 133 Å². The van der Waals surface area contributed by atoms with Crippen LogP contribution in [-0.4, -0.2) is 15.0 Å². The van der Waals surface area contributed by atoms with E-state index in [1.165, 1.54) is 33.4 Å². The molecule has 1 heterocycles. The first-order chi connectivity index (χ1) is 28.2. The van der Waals surface area contributed by atoms with Gasteiger partial charge in [-0.2, -0.15) is 5.26 Å². The smallest absolute Gasteiger partial charge is 0.164 e. The number of nitrogens with zero attached hydrogens (tertiary/aromatic N) is 4. The van der Waals surface area contributed by atoms with Crippen molar-refractivity contribution in [2.24, 2.45) is 0 Å². The molecule has 1 aliphatic rings. The molecule has 0 radical (unpaired) electrons. The van der Waals surface area contributed by atoms with Crippen molar-refractivity contribution in [2.75, 3.05) is 0 Å². The van der Waals surface area contributed by atoms with E-state index < -0.39 is 5.41 Å². The van der Waals surface area contributed by atoms with Gasteiger partial charge < -0.3 is 0 Å². The number of rotatable bonds is 7. The highest BCUT2D eigenvalue weighted by molar-refractivity contribution is 5.91. The maximum Gasteiger partial charge on any atom is 0.164 e. The van der Waals surface area contributed by atoms with Crippen LogP contribution in [0.15, 0.2) is 206 Å². The lowest BCUT2D eigenvalue weighted by atomic mass is 9.67. The van der Waals surface area contributed by atoms with Crippen LogP contribution in [0.2, 0.25) is 0 Å². The molecule has 0 saturated carbocycles. The van der Waals surface area contributed by atoms with Crippen LogP contribution in [-0.2, 0) is 5.41 Å². The van der Waals surface area contributed by atoms with Crippen LogP contribution < -0.4 is 0 Å². The average Bonchev–Trinajstić information content (AvgIpc) is 3.60. The zero-order valence-electron chi connectivity index (χ0n) is 30.9.